The highest BCUT2D eigenvalue weighted by Crippen LogP contribution is 2.70. The monoisotopic (exact) mass is 666 g/mol. The standard InChI is InChI=1S/C40H58O8/c1-36(2)30-14-17-38(5)21-24-8-10-29-37(3,4)33(48-35(45)13-12-34(44)47-22-25-20-27(41)28(42)23-46-25)16-19-39(29,6)26(24)9-11-31(38)40(30,7)18-15-32(36)43/h8,20,23,26,29-33,42-43H,9-19,21-22H2,1-7H3/t26-,29-,30-,31-,32+,33+,38-,39+,40-/m0/s1. The summed E-state index contributed by atoms with van der Waals surface area (Å²) in [5.74, 6) is 0.746. The lowest BCUT2D eigenvalue weighted by molar-refractivity contribution is -0.175. The van der Waals surface area contributed by atoms with Crippen molar-refractivity contribution in [1.82, 2.24) is 0 Å². The van der Waals surface area contributed by atoms with Gasteiger partial charge in [-0.15, -0.1) is 0 Å². The first-order valence-corrected chi connectivity index (χ1v) is 18.4. The van der Waals surface area contributed by atoms with E-state index in [1.54, 1.807) is 5.57 Å². The summed E-state index contributed by atoms with van der Waals surface area (Å²) < 4.78 is 16.3. The smallest absolute Gasteiger partial charge is 0.306 e. The van der Waals surface area contributed by atoms with Gasteiger partial charge in [0.05, 0.1) is 18.9 Å². The van der Waals surface area contributed by atoms with Crippen molar-refractivity contribution in [3.05, 3.63) is 40.0 Å². The first-order valence-electron chi connectivity index (χ1n) is 18.4. The van der Waals surface area contributed by atoms with E-state index in [1.807, 2.05) is 0 Å². The number of carbonyl (C=O) groups excluding carboxylic acids is 2. The Bertz CT molecular complexity index is 1500. The quantitative estimate of drug-likeness (QED) is 0.232. The van der Waals surface area contributed by atoms with Crippen molar-refractivity contribution in [3.63, 3.8) is 0 Å². The molecule has 0 aliphatic heterocycles. The van der Waals surface area contributed by atoms with E-state index in [9.17, 15) is 24.6 Å². The largest absolute Gasteiger partial charge is 0.502 e. The summed E-state index contributed by atoms with van der Waals surface area (Å²) in [5.41, 5.74) is 1.47. The van der Waals surface area contributed by atoms with Crippen molar-refractivity contribution < 1.29 is 33.7 Å². The predicted molar refractivity (Wildman–Crippen MR) is 182 cm³/mol. The van der Waals surface area contributed by atoms with Gasteiger partial charge in [0.15, 0.2) is 5.75 Å². The Morgan fingerprint density at radius 3 is 2.29 bits per heavy atom. The molecule has 1 heterocycles. The van der Waals surface area contributed by atoms with Crippen LogP contribution in [0.25, 0.3) is 0 Å². The van der Waals surface area contributed by atoms with E-state index in [2.05, 4.69) is 54.5 Å². The molecule has 5 aliphatic carbocycles. The van der Waals surface area contributed by atoms with Gasteiger partial charge in [0.1, 0.15) is 24.7 Å². The van der Waals surface area contributed by atoms with Gasteiger partial charge < -0.3 is 24.1 Å². The summed E-state index contributed by atoms with van der Waals surface area (Å²) in [6, 6.07) is 1.07. The van der Waals surface area contributed by atoms with Crippen LogP contribution >= 0.6 is 0 Å². The van der Waals surface area contributed by atoms with Gasteiger partial charge in [0.25, 0.3) is 0 Å². The number of ether oxygens (including phenoxy) is 2. The SMILES string of the molecule is CC1(C)[C@H](O)CC[C@@]2(C)[C@H]1CC[C@@]1(C)CC3=CC[C@H]4C(C)(C)[C@H](OC(=O)CCC(=O)OCc5cc(=O)c(O)co5)CC[C@]4(C)[C@H]3CC[C@@H]12. The molecule has 4 fully saturated rings. The number of carbonyl (C=O) groups is 2. The molecule has 0 bridgehead atoms. The molecule has 4 saturated carbocycles. The summed E-state index contributed by atoms with van der Waals surface area (Å²) in [4.78, 5) is 36.9. The average Bonchev–Trinajstić information content (AvgIpc) is 3.17. The highest BCUT2D eigenvalue weighted by molar-refractivity contribution is 5.77. The second kappa shape index (κ2) is 12.3. The van der Waals surface area contributed by atoms with Crippen LogP contribution in [0.15, 0.2) is 33.2 Å². The molecule has 0 aromatic carbocycles. The van der Waals surface area contributed by atoms with E-state index in [-0.39, 0.29) is 64.5 Å². The molecule has 6 rings (SSSR count). The first-order chi connectivity index (χ1) is 22.4. The Labute approximate surface area is 286 Å². The number of esters is 2. The maximum Gasteiger partial charge on any atom is 0.306 e. The molecular weight excluding hydrogens is 608 g/mol. The summed E-state index contributed by atoms with van der Waals surface area (Å²) in [6.45, 7) is 16.6. The number of hydrogen-bond acceptors (Lipinski definition) is 8. The molecule has 8 heteroatoms. The van der Waals surface area contributed by atoms with E-state index in [0.29, 0.717) is 23.7 Å². The third-order valence-corrected chi connectivity index (χ3v) is 14.9. The lowest BCUT2D eigenvalue weighted by Gasteiger charge is -2.63. The molecule has 5 aliphatic rings. The molecule has 9 atom stereocenters. The zero-order valence-corrected chi connectivity index (χ0v) is 30.2. The van der Waals surface area contributed by atoms with Crippen LogP contribution in [0.1, 0.15) is 131 Å². The van der Waals surface area contributed by atoms with Crippen molar-refractivity contribution in [3.8, 4) is 5.75 Å². The highest BCUT2D eigenvalue weighted by Gasteiger charge is 2.63. The number of hydrogen-bond donors (Lipinski definition) is 2. The van der Waals surface area contributed by atoms with Gasteiger partial charge in [-0.2, -0.15) is 0 Å². The van der Waals surface area contributed by atoms with Crippen LogP contribution in [0, 0.1) is 50.7 Å². The van der Waals surface area contributed by atoms with Crippen LogP contribution < -0.4 is 5.43 Å². The number of aliphatic hydroxyl groups is 1. The van der Waals surface area contributed by atoms with Crippen LogP contribution in [-0.4, -0.2) is 34.4 Å². The molecule has 0 spiro atoms. The third-order valence-electron chi connectivity index (χ3n) is 14.9. The van der Waals surface area contributed by atoms with Crippen LogP contribution in [0.4, 0.5) is 0 Å². The zero-order valence-electron chi connectivity index (χ0n) is 30.2. The normalized spacial score (nSPS) is 39.7. The van der Waals surface area contributed by atoms with Gasteiger partial charge in [-0.1, -0.05) is 60.1 Å². The van der Waals surface area contributed by atoms with Gasteiger partial charge in [0, 0.05) is 11.5 Å². The Hall–Kier alpha value is -2.61. The Balaban J connectivity index is 1.10. The number of aromatic hydroxyl groups is 1. The lowest BCUT2D eigenvalue weighted by Crippen LogP contribution is -2.58. The summed E-state index contributed by atoms with van der Waals surface area (Å²) >= 11 is 0. The van der Waals surface area contributed by atoms with Crippen LogP contribution in [0.2, 0.25) is 0 Å². The van der Waals surface area contributed by atoms with Gasteiger partial charge in [0.2, 0.25) is 5.43 Å². The first kappa shape index (κ1) is 35.2. The number of rotatable bonds is 6. The predicted octanol–water partition coefficient (Wildman–Crippen LogP) is 7.87. The molecule has 0 saturated heterocycles. The van der Waals surface area contributed by atoms with E-state index in [4.69, 9.17) is 13.9 Å². The van der Waals surface area contributed by atoms with Gasteiger partial charge in [-0.25, -0.2) is 0 Å². The summed E-state index contributed by atoms with van der Waals surface area (Å²) in [6.07, 6.45) is 13.8. The molecule has 266 valence electrons. The fourth-order valence-corrected chi connectivity index (χ4v) is 12.3. The minimum Gasteiger partial charge on any atom is -0.502 e. The summed E-state index contributed by atoms with van der Waals surface area (Å²) in [7, 11) is 0. The minimum absolute atomic E-state index is 0.0449. The molecule has 8 nitrogen and oxygen atoms in total. The molecular formula is C40H58O8. The van der Waals surface area contributed by atoms with Crippen molar-refractivity contribution >= 4 is 11.9 Å². The van der Waals surface area contributed by atoms with Crippen LogP contribution in [0.3, 0.4) is 0 Å². The van der Waals surface area contributed by atoms with Gasteiger partial charge in [-0.3, -0.25) is 14.4 Å². The highest BCUT2D eigenvalue weighted by atomic mass is 16.6. The van der Waals surface area contributed by atoms with E-state index >= 15 is 0 Å². The molecule has 48 heavy (non-hydrogen) atoms. The van der Waals surface area contributed by atoms with E-state index in [0.717, 1.165) is 44.4 Å². The average molecular weight is 667 g/mol. The van der Waals surface area contributed by atoms with Crippen LogP contribution in [0.5, 0.6) is 5.75 Å². The maximum absolute atomic E-state index is 13.0. The molecule has 2 N–H and O–H groups in total. The Morgan fingerprint density at radius 1 is 0.854 bits per heavy atom. The number of allylic oxidation sites excluding steroid dienone is 2. The number of fused-ring (bicyclic) bond motifs is 6. The third kappa shape index (κ3) is 5.86. The molecule has 1 aromatic rings. The molecule has 0 radical (unpaired) electrons. The Morgan fingerprint density at radius 2 is 1.56 bits per heavy atom. The fourth-order valence-electron chi connectivity index (χ4n) is 12.3. The fraction of sp³-hybridized carbons (Fsp3) is 0.775. The second-order valence-corrected chi connectivity index (χ2v) is 18.2. The van der Waals surface area contributed by atoms with E-state index < -0.39 is 23.1 Å². The second-order valence-electron chi connectivity index (χ2n) is 18.2. The van der Waals surface area contributed by atoms with Crippen molar-refractivity contribution in [2.24, 2.45) is 50.7 Å². The van der Waals surface area contributed by atoms with Crippen molar-refractivity contribution in [2.75, 3.05) is 0 Å². The topological polar surface area (TPSA) is 123 Å². The maximum atomic E-state index is 13.0. The zero-order chi connectivity index (χ0) is 34.9. The Kier molecular flexibility index (Phi) is 9.03. The number of aliphatic hydroxyl groups excluding tert-OH is 1. The summed E-state index contributed by atoms with van der Waals surface area (Å²) in [5, 5.41) is 20.3. The molecule has 0 amide bonds. The van der Waals surface area contributed by atoms with Crippen molar-refractivity contribution in [1.29, 1.82) is 0 Å². The lowest BCUT2D eigenvalue weighted by atomic mass is 9.42. The molecule has 0 unspecified atom stereocenters. The van der Waals surface area contributed by atoms with Gasteiger partial charge >= 0.3 is 11.9 Å². The molecule has 1 aromatic heterocycles. The van der Waals surface area contributed by atoms with Crippen molar-refractivity contribution in [2.45, 2.75) is 144 Å². The minimum atomic E-state index is -0.615. The van der Waals surface area contributed by atoms with Crippen LogP contribution in [-0.2, 0) is 25.7 Å². The van der Waals surface area contributed by atoms with E-state index in [1.165, 1.54) is 32.1 Å². The van der Waals surface area contributed by atoms with Gasteiger partial charge in [-0.05, 0) is 110 Å².